The molecule has 2 atom stereocenters. The molecular formula is C13H16F2O2. The quantitative estimate of drug-likeness (QED) is 0.881. The SMILES string of the molecule is CC(O)(Cc1c(F)cccc1F)C1CCOC1. The summed E-state index contributed by atoms with van der Waals surface area (Å²) in [4.78, 5) is 0. The van der Waals surface area contributed by atoms with Gasteiger partial charge in [-0.25, -0.2) is 8.78 Å². The molecule has 0 amide bonds. The van der Waals surface area contributed by atoms with E-state index in [1.54, 1.807) is 6.92 Å². The van der Waals surface area contributed by atoms with E-state index in [0.717, 1.165) is 6.42 Å². The van der Waals surface area contributed by atoms with E-state index >= 15 is 0 Å². The minimum Gasteiger partial charge on any atom is -0.389 e. The lowest BCUT2D eigenvalue weighted by Gasteiger charge is -2.29. The first-order valence-electron chi connectivity index (χ1n) is 5.74. The molecular weight excluding hydrogens is 226 g/mol. The molecule has 0 aliphatic carbocycles. The number of aliphatic hydroxyl groups is 1. The van der Waals surface area contributed by atoms with Crippen LogP contribution in [0.15, 0.2) is 18.2 Å². The van der Waals surface area contributed by atoms with E-state index in [0.29, 0.717) is 13.2 Å². The highest BCUT2D eigenvalue weighted by Crippen LogP contribution is 2.30. The molecule has 1 aliphatic heterocycles. The minimum atomic E-state index is -1.14. The lowest BCUT2D eigenvalue weighted by atomic mass is 9.83. The third-order valence-corrected chi connectivity index (χ3v) is 3.41. The molecule has 0 aromatic heterocycles. The van der Waals surface area contributed by atoms with Gasteiger partial charge in [-0.15, -0.1) is 0 Å². The van der Waals surface area contributed by atoms with Crippen LogP contribution in [0.5, 0.6) is 0 Å². The fourth-order valence-electron chi connectivity index (χ4n) is 2.23. The first-order chi connectivity index (χ1) is 8.00. The Hall–Kier alpha value is -1.00. The molecule has 0 bridgehead atoms. The summed E-state index contributed by atoms with van der Waals surface area (Å²) in [5.41, 5.74) is -1.19. The molecule has 2 nitrogen and oxygen atoms in total. The van der Waals surface area contributed by atoms with E-state index in [2.05, 4.69) is 0 Å². The lowest BCUT2D eigenvalue weighted by Crippen LogP contribution is -2.37. The standard InChI is InChI=1S/C13H16F2O2/c1-13(16,9-5-6-17-8-9)7-10-11(14)3-2-4-12(10)15/h2-4,9,16H,5-8H2,1H3. The van der Waals surface area contributed by atoms with Gasteiger partial charge in [0.15, 0.2) is 0 Å². The first kappa shape index (κ1) is 12.5. The molecule has 0 saturated carbocycles. The monoisotopic (exact) mass is 242 g/mol. The zero-order valence-corrected chi connectivity index (χ0v) is 9.75. The third-order valence-electron chi connectivity index (χ3n) is 3.41. The molecule has 94 valence electrons. The molecule has 1 N–H and O–H groups in total. The highest BCUT2D eigenvalue weighted by Gasteiger charge is 2.36. The first-order valence-corrected chi connectivity index (χ1v) is 5.74. The maximum absolute atomic E-state index is 13.5. The number of hydrogen-bond acceptors (Lipinski definition) is 2. The summed E-state index contributed by atoms with van der Waals surface area (Å²) in [6.07, 6.45) is 0.697. The Morgan fingerprint density at radius 3 is 2.59 bits per heavy atom. The van der Waals surface area contributed by atoms with Crippen molar-refractivity contribution >= 4 is 0 Å². The van der Waals surface area contributed by atoms with E-state index in [4.69, 9.17) is 4.74 Å². The fourth-order valence-corrected chi connectivity index (χ4v) is 2.23. The highest BCUT2D eigenvalue weighted by molar-refractivity contribution is 5.21. The van der Waals surface area contributed by atoms with E-state index in [-0.39, 0.29) is 17.9 Å². The predicted octanol–water partition coefficient (Wildman–Crippen LogP) is 2.29. The molecule has 2 unspecified atom stereocenters. The van der Waals surface area contributed by atoms with Crippen LogP contribution in [-0.2, 0) is 11.2 Å². The average molecular weight is 242 g/mol. The molecule has 4 heteroatoms. The number of halogens is 2. The summed E-state index contributed by atoms with van der Waals surface area (Å²) in [6, 6.07) is 3.74. The summed E-state index contributed by atoms with van der Waals surface area (Å²) in [5.74, 6) is -1.28. The van der Waals surface area contributed by atoms with Gasteiger partial charge in [0.25, 0.3) is 0 Å². The normalized spacial score (nSPS) is 23.6. The van der Waals surface area contributed by atoms with Gasteiger partial charge < -0.3 is 9.84 Å². The van der Waals surface area contributed by atoms with Crippen LogP contribution in [0.4, 0.5) is 8.78 Å². The van der Waals surface area contributed by atoms with Crippen LogP contribution in [0.25, 0.3) is 0 Å². The van der Waals surface area contributed by atoms with Crippen molar-refractivity contribution in [3.63, 3.8) is 0 Å². The van der Waals surface area contributed by atoms with Gasteiger partial charge in [-0.2, -0.15) is 0 Å². The summed E-state index contributed by atoms with van der Waals surface area (Å²) < 4.78 is 32.2. The molecule has 0 spiro atoms. The third kappa shape index (κ3) is 2.64. The van der Waals surface area contributed by atoms with Gasteiger partial charge in [-0.05, 0) is 25.5 Å². The van der Waals surface area contributed by atoms with Gasteiger partial charge in [0, 0.05) is 24.5 Å². The average Bonchev–Trinajstić information content (AvgIpc) is 2.77. The summed E-state index contributed by atoms with van der Waals surface area (Å²) in [5, 5.41) is 10.3. The van der Waals surface area contributed by atoms with Gasteiger partial charge >= 0.3 is 0 Å². The van der Waals surface area contributed by atoms with E-state index in [9.17, 15) is 13.9 Å². The van der Waals surface area contributed by atoms with Crippen molar-refractivity contribution in [2.75, 3.05) is 13.2 Å². The van der Waals surface area contributed by atoms with Crippen LogP contribution in [0, 0.1) is 17.6 Å². The van der Waals surface area contributed by atoms with Crippen LogP contribution >= 0.6 is 0 Å². The second kappa shape index (κ2) is 4.70. The topological polar surface area (TPSA) is 29.5 Å². The maximum atomic E-state index is 13.5. The zero-order chi connectivity index (χ0) is 12.5. The summed E-state index contributed by atoms with van der Waals surface area (Å²) in [6.45, 7) is 2.65. The summed E-state index contributed by atoms with van der Waals surface area (Å²) in [7, 11) is 0. The minimum absolute atomic E-state index is 0.0282. The molecule has 1 heterocycles. The van der Waals surface area contributed by atoms with Crippen LogP contribution in [0.3, 0.4) is 0 Å². The van der Waals surface area contributed by atoms with Crippen molar-refractivity contribution < 1.29 is 18.6 Å². The predicted molar refractivity (Wildman–Crippen MR) is 59.6 cm³/mol. The Morgan fingerprint density at radius 2 is 2.06 bits per heavy atom. The van der Waals surface area contributed by atoms with Crippen molar-refractivity contribution in [1.29, 1.82) is 0 Å². The van der Waals surface area contributed by atoms with Gasteiger partial charge in [0.2, 0.25) is 0 Å². The Kier molecular flexibility index (Phi) is 3.45. The van der Waals surface area contributed by atoms with Crippen LogP contribution in [-0.4, -0.2) is 23.9 Å². The van der Waals surface area contributed by atoms with Gasteiger partial charge in [0.05, 0.1) is 12.2 Å². The van der Waals surface area contributed by atoms with Gasteiger partial charge in [0.1, 0.15) is 11.6 Å². The molecule has 1 fully saturated rings. The second-order valence-corrected chi connectivity index (χ2v) is 4.79. The van der Waals surface area contributed by atoms with Crippen molar-refractivity contribution in [2.45, 2.75) is 25.4 Å². The number of rotatable bonds is 3. The van der Waals surface area contributed by atoms with Gasteiger partial charge in [-0.3, -0.25) is 0 Å². The van der Waals surface area contributed by atoms with Crippen molar-refractivity contribution in [2.24, 2.45) is 5.92 Å². The van der Waals surface area contributed by atoms with E-state index in [1.807, 2.05) is 0 Å². The Labute approximate surface area is 99.2 Å². The highest BCUT2D eigenvalue weighted by atomic mass is 19.1. The molecule has 2 rings (SSSR count). The van der Waals surface area contributed by atoms with Crippen molar-refractivity contribution in [3.05, 3.63) is 35.4 Å². The van der Waals surface area contributed by atoms with Crippen LogP contribution in [0.1, 0.15) is 18.9 Å². The van der Waals surface area contributed by atoms with Crippen LogP contribution < -0.4 is 0 Å². The maximum Gasteiger partial charge on any atom is 0.129 e. The fraction of sp³-hybridized carbons (Fsp3) is 0.538. The Bertz CT molecular complexity index is 378. The molecule has 1 aliphatic rings. The van der Waals surface area contributed by atoms with Gasteiger partial charge in [-0.1, -0.05) is 6.07 Å². The van der Waals surface area contributed by atoms with E-state index < -0.39 is 17.2 Å². The largest absolute Gasteiger partial charge is 0.389 e. The molecule has 0 radical (unpaired) electrons. The zero-order valence-electron chi connectivity index (χ0n) is 9.75. The molecule has 17 heavy (non-hydrogen) atoms. The Morgan fingerprint density at radius 1 is 1.41 bits per heavy atom. The molecule has 1 saturated heterocycles. The number of ether oxygens (including phenoxy) is 1. The number of hydrogen-bond donors (Lipinski definition) is 1. The summed E-state index contributed by atoms with van der Waals surface area (Å²) >= 11 is 0. The van der Waals surface area contributed by atoms with Crippen molar-refractivity contribution in [3.8, 4) is 0 Å². The smallest absolute Gasteiger partial charge is 0.129 e. The Balaban J connectivity index is 2.19. The van der Waals surface area contributed by atoms with Crippen LogP contribution in [0.2, 0.25) is 0 Å². The lowest BCUT2D eigenvalue weighted by molar-refractivity contribution is -0.00586. The molecule has 1 aromatic carbocycles. The molecule has 1 aromatic rings. The number of benzene rings is 1. The van der Waals surface area contributed by atoms with E-state index in [1.165, 1.54) is 18.2 Å². The van der Waals surface area contributed by atoms with Crippen molar-refractivity contribution in [1.82, 2.24) is 0 Å². The second-order valence-electron chi connectivity index (χ2n) is 4.79.